The van der Waals surface area contributed by atoms with Gasteiger partial charge in [0.25, 0.3) is 11.6 Å². The minimum Gasteiger partial charge on any atom is -0.480 e. The number of hydrogen-bond donors (Lipinski definition) is 1. The lowest BCUT2D eigenvalue weighted by Gasteiger charge is -2.20. The van der Waals surface area contributed by atoms with E-state index in [2.05, 4.69) is 0 Å². The van der Waals surface area contributed by atoms with Gasteiger partial charge in [-0.25, -0.2) is 0 Å². The number of carboxylic acid groups (broad SMARTS) is 1. The number of rotatable bonds is 8. The van der Waals surface area contributed by atoms with Crippen molar-refractivity contribution in [3.05, 3.63) is 39.4 Å². The molecule has 0 aliphatic carbocycles. The average molecular weight is 310 g/mol. The van der Waals surface area contributed by atoms with Gasteiger partial charge in [-0.3, -0.25) is 19.7 Å². The number of carbonyl (C=O) groups is 2. The Morgan fingerprint density at radius 1 is 1.41 bits per heavy atom. The van der Waals surface area contributed by atoms with Gasteiger partial charge in [0.05, 0.1) is 11.5 Å². The van der Waals surface area contributed by atoms with Gasteiger partial charge in [-0.2, -0.15) is 0 Å². The fourth-order valence-electron chi connectivity index (χ4n) is 1.97. The lowest BCUT2D eigenvalue weighted by Crippen LogP contribution is -2.38. The Morgan fingerprint density at radius 2 is 2.09 bits per heavy atom. The molecular formula is C14H18N2O6. The van der Waals surface area contributed by atoms with Crippen LogP contribution in [0.15, 0.2) is 18.2 Å². The van der Waals surface area contributed by atoms with Crippen molar-refractivity contribution in [1.82, 2.24) is 4.90 Å². The van der Waals surface area contributed by atoms with Crippen molar-refractivity contribution < 1.29 is 24.4 Å². The first-order chi connectivity index (χ1) is 10.4. The largest absolute Gasteiger partial charge is 0.480 e. The summed E-state index contributed by atoms with van der Waals surface area (Å²) in [5.74, 6) is -1.74. The van der Waals surface area contributed by atoms with E-state index in [-0.39, 0.29) is 24.4 Å². The molecule has 0 saturated heterocycles. The minimum atomic E-state index is -1.16. The highest BCUT2D eigenvalue weighted by molar-refractivity contribution is 5.96. The quantitative estimate of drug-likeness (QED) is 0.573. The second-order valence-corrected chi connectivity index (χ2v) is 4.57. The molecule has 1 N–H and O–H groups in total. The van der Waals surface area contributed by atoms with Gasteiger partial charge >= 0.3 is 5.97 Å². The fraction of sp³-hybridized carbons (Fsp3) is 0.429. The van der Waals surface area contributed by atoms with Crippen LogP contribution in [0, 0.1) is 10.1 Å². The van der Waals surface area contributed by atoms with E-state index < -0.39 is 23.3 Å². The highest BCUT2D eigenvalue weighted by atomic mass is 16.6. The van der Waals surface area contributed by atoms with Crippen molar-refractivity contribution in [2.75, 3.05) is 26.8 Å². The molecule has 0 aromatic heterocycles. The first-order valence-corrected chi connectivity index (χ1v) is 6.68. The molecule has 1 aromatic rings. The number of nitro benzene ring substituents is 1. The van der Waals surface area contributed by atoms with Gasteiger partial charge in [0.1, 0.15) is 6.54 Å². The predicted octanol–water partition coefficient (Wildman–Crippen LogP) is 1.33. The first kappa shape index (κ1) is 17.6. The summed E-state index contributed by atoms with van der Waals surface area (Å²) in [7, 11) is 1.43. The van der Waals surface area contributed by atoms with Gasteiger partial charge in [0.2, 0.25) is 0 Å². The molecule has 0 atom stereocenters. The third-order valence-corrected chi connectivity index (χ3v) is 3.09. The molecule has 0 heterocycles. The van der Waals surface area contributed by atoms with E-state index in [1.807, 2.05) is 0 Å². The zero-order valence-electron chi connectivity index (χ0n) is 12.4. The van der Waals surface area contributed by atoms with Crippen molar-refractivity contribution in [1.29, 1.82) is 0 Å². The molecule has 0 radical (unpaired) electrons. The van der Waals surface area contributed by atoms with Crippen molar-refractivity contribution in [2.24, 2.45) is 0 Å². The number of nitrogens with zero attached hydrogens (tertiary/aromatic N) is 2. The molecule has 0 aliphatic heterocycles. The molecule has 8 nitrogen and oxygen atoms in total. The number of aliphatic carboxylic acids is 1. The summed E-state index contributed by atoms with van der Waals surface area (Å²) >= 11 is 0. The SMILES string of the molecule is CCc1ccc(C(=O)N(CCOC)CC(=O)O)cc1[N+](=O)[O-]. The standard InChI is InChI=1S/C14H18N2O6/c1-3-10-4-5-11(8-12(10)16(20)21)14(19)15(6-7-22-2)9-13(17)18/h4-5,8H,3,6-7,9H2,1-2H3,(H,17,18). The van der Waals surface area contributed by atoms with Gasteiger partial charge in [0.15, 0.2) is 0 Å². The molecule has 22 heavy (non-hydrogen) atoms. The summed E-state index contributed by atoms with van der Waals surface area (Å²) in [6, 6.07) is 4.17. The summed E-state index contributed by atoms with van der Waals surface area (Å²) in [4.78, 5) is 34.8. The molecule has 0 unspecified atom stereocenters. The van der Waals surface area contributed by atoms with E-state index in [0.29, 0.717) is 12.0 Å². The van der Waals surface area contributed by atoms with Crippen LogP contribution >= 0.6 is 0 Å². The number of methoxy groups -OCH3 is 1. The normalized spacial score (nSPS) is 10.3. The van der Waals surface area contributed by atoms with E-state index in [9.17, 15) is 19.7 Å². The van der Waals surface area contributed by atoms with Crippen LogP contribution in [0.4, 0.5) is 5.69 Å². The maximum atomic E-state index is 12.3. The molecule has 1 rings (SSSR count). The van der Waals surface area contributed by atoms with Gasteiger partial charge in [-0.05, 0) is 12.5 Å². The Bertz CT molecular complexity index is 572. The zero-order chi connectivity index (χ0) is 16.7. The summed E-state index contributed by atoms with van der Waals surface area (Å²) < 4.78 is 4.84. The van der Waals surface area contributed by atoms with Crippen LogP contribution < -0.4 is 0 Å². The van der Waals surface area contributed by atoms with Crippen LogP contribution in [0.25, 0.3) is 0 Å². The first-order valence-electron chi connectivity index (χ1n) is 6.68. The van der Waals surface area contributed by atoms with E-state index in [4.69, 9.17) is 9.84 Å². The maximum Gasteiger partial charge on any atom is 0.323 e. The third-order valence-electron chi connectivity index (χ3n) is 3.09. The molecule has 8 heteroatoms. The summed E-state index contributed by atoms with van der Waals surface area (Å²) in [5.41, 5.74) is 0.458. The topological polar surface area (TPSA) is 110 Å². The molecule has 0 saturated carbocycles. The molecule has 0 fully saturated rings. The van der Waals surface area contributed by atoms with Gasteiger partial charge < -0.3 is 14.7 Å². The third kappa shape index (κ3) is 4.52. The lowest BCUT2D eigenvalue weighted by atomic mass is 10.1. The van der Waals surface area contributed by atoms with Crippen LogP contribution in [0.2, 0.25) is 0 Å². The number of aryl methyl sites for hydroxylation is 1. The number of carbonyl (C=O) groups excluding carboxylic acids is 1. The maximum absolute atomic E-state index is 12.3. The second-order valence-electron chi connectivity index (χ2n) is 4.57. The lowest BCUT2D eigenvalue weighted by molar-refractivity contribution is -0.385. The van der Waals surface area contributed by atoms with Crippen LogP contribution in [0.3, 0.4) is 0 Å². The Hall–Kier alpha value is -2.48. The number of hydrogen-bond acceptors (Lipinski definition) is 5. The van der Waals surface area contributed by atoms with E-state index in [1.165, 1.54) is 25.3 Å². The molecular weight excluding hydrogens is 292 g/mol. The van der Waals surface area contributed by atoms with Crippen molar-refractivity contribution in [3.8, 4) is 0 Å². The number of benzene rings is 1. The summed E-state index contributed by atoms with van der Waals surface area (Å²) in [5, 5.41) is 19.9. The van der Waals surface area contributed by atoms with Crippen LogP contribution in [-0.2, 0) is 16.0 Å². The second kappa shape index (κ2) is 8.08. The number of ether oxygens (including phenoxy) is 1. The van der Waals surface area contributed by atoms with Crippen molar-refractivity contribution >= 4 is 17.6 Å². The minimum absolute atomic E-state index is 0.0845. The highest BCUT2D eigenvalue weighted by Gasteiger charge is 2.22. The summed E-state index contributed by atoms with van der Waals surface area (Å²) in [6.45, 7) is 1.55. The number of nitro groups is 1. The van der Waals surface area contributed by atoms with E-state index in [0.717, 1.165) is 4.90 Å². The van der Waals surface area contributed by atoms with Crippen molar-refractivity contribution in [2.45, 2.75) is 13.3 Å². The van der Waals surface area contributed by atoms with Crippen LogP contribution in [-0.4, -0.2) is 53.6 Å². The van der Waals surface area contributed by atoms with E-state index >= 15 is 0 Å². The van der Waals surface area contributed by atoms with Gasteiger partial charge in [-0.1, -0.05) is 13.0 Å². The highest BCUT2D eigenvalue weighted by Crippen LogP contribution is 2.21. The van der Waals surface area contributed by atoms with Crippen LogP contribution in [0.5, 0.6) is 0 Å². The summed E-state index contributed by atoms with van der Waals surface area (Å²) in [6.07, 6.45) is 0.466. The predicted molar refractivity (Wildman–Crippen MR) is 77.9 cm³/mol. The number of amides is 1. The average Bonchev–Trinajstić information content (AvgIpc) is 2.49. The number of carboxylic acids is 1. The molecule has 1 aromatic carbocycles. The molecule has 0 aliphatic rings. The van der Waals surface area contributed by atoms with Crippen molar-refractivity contribution in [3.63, 3.8) is 0 Å². The zero-order valence-corrected chi connectivity index (χ0v) is 12.4. The van der Waals surface area contributed by atoms with Gasteiger partial charge in [-0.15, -0.1) is 0 Å². The Labute approximate surface area is 127 Å². The molecule has 0 spiro atoms. The Balaban J connectivity index is 3.09. The molecule has 1 amide bonds. The Kier molecular flexibility index (Phi) is 6.46. The monoisotopic (exact) mass is 310 g/mol. The van der Waals surface area contributed by atoms with E-state index in [1.54, 1.807) is 6.92 Å². The molecule has 120 valence electrons. The fourth-order valence-corrected chi connectivity index (χ4v) is 1.97. The smallest absolute Gasteiger partial charge is 0.323 e. The Morgan fingerprint density at radius 3 is 2.59 bits per heavy atom. The molecule has 0 bridgehead atoms. The van der Waals surface area contributed by atoms with Crippen LogP contribution in [0.1, 0.15) is 22.8 Å². The van der Waals surface area contributed by atoms with Gasteiger partial charge in [0, 0.05) is 30.8 Å².